The van der Waals surface area contributed by atoms with E-state index in [1.165, 1.54) is 25.7 Å². The molecule has 1 heterocycles. The van der Waals surface area contributed by atoms with Crippen LogP contribution in [0.4, 0.5) is 0 Å². The van der Waals surface area contributed by atoms with Crippen molar-refractivity contribution in [3.63, 3.8) is 0 Å². The van der Waals surface area contributed by atoms with E-state index < -0.39 is 6.04 Å². The smallest absolute Gasteiger partial charge is 0.241 e. The Labute approximate surface area is 120 Å². The van der Waals surface area contributed by atoms with Gasteiger partial charge in [0.2, 0.25) is 5.91 Å². The van der Waals surface area contributed by atoms with Crippen molar-refractivity contribution < 1.29 is 4.79 Å². The van der Waals surface area contributed by atoms with Gasteiger partial charge in [-0.15, -0.1) is 0 Å². The summed E-state index contributed by atoms with van der Waals surface area (Å²) in [4.78, 5) is 12.0. The molecule has 0 saturated heterocycles. The Morgan fingerprint density at radius 3 is 2.80 bits per heavy atom. The van der Waals surface area contributed by atoms with Crippen LogP contribution in [0.3, 0.4) is 0 Å². The standard InChI is InChI=1S/C15H26N4O/c1-11-3-5-12(6-4-11)7-8-17-15(20)14(16)13-9-18-19(2)10-13/h9-12,14H,3-8,16H2,1-2H3,(H,17,20). The molecular weight excluding hydrogens is 252 g/mol. The molecule has 20 heavy (non-hydrogen) atoms. The Hall–Kier alpha value is -1.36. The average molecular weight is 278 g/mol. The minimum Gasteiger partial charge on any atom is -0.354 e. The molecule has 0 spiro atoms. The molecule has 1 fully saturated rings. The van der Waals surface area contributed by atoms with Crippen LogP contribution in [-0.4, -0.2) is 22.2 Å². The molecule has 0 bridgehead atoms. The van der Waals surface area contributed by atoms with Crippen LogP contribution < -0.4 is 11.1 Å². The Bertz CT molecular complexity index is 435. The molecule has 5 nitrogen and oxygen atoms in total. The summed E-state index contributed by atoms with van der Waals surface area (Å²) in [6, 6.07) is -0.616. The second-order valence-corrected chi connectivity index (χ2v) is 6.13. The SMILES string of the molecule is CC1CCC(CCNC(=O)C(N)c2cnn(C)c2)CC1. The van der Waals surface area contributed by atoms with Crippen molar-refractivity contribution in [1.29, 1.82) is 0 Å². The summed E-state index contributed by atoms with van der Waals surface area (Å²) in [6.45, 7) is 3.05. The van der Waals surface area contributed by atoms with Gasteiger partial charge in [-0.2, -0.15) is 5.10 Å². The van der Waals surface area contributed by atoms with Gasteiger partial charge in [-0.05, 0) is 18.3 Å². The van der Waals surface area contributed by atoms with Gasteiger partial charge in [0.15, 0.2) is 0 Å². The molecule has 0 aromatic carbocycles. The zero-order valence-electron chi connectivity index (χ0n) is 12.5. The summed E-state index contributed by atoms with van der Waals surface area (Å²) < 4.78 is 1.66. The number of hydrogen-bond donors (Lipinski definition) is 2. The Morgan fingerprint density at radius 1 is 1.50 bits per heavy atom. The molecule has 112 valence electrons. The van der Waals surface area contributed by atoms with Crippen molar-refractivity contribution in [2.45, 2.75) is 45.1 Å². The maximum Gasteiger partial charge on any atom is 0.241 e. The average Bonchev–Trinajstić information content (AvgIpc) is 2.86. The van der Waals surface area contributed by atoms with Crippen LogP contribution in [-0.2, 0) is 11.8 Å². The van der Waals surface area contributed by atoms with Gasteiger partial charge in [0.05, 0.1) is 6.20 Å². The van der Waals surface area contributed by atoms with Crippen LogP contribution in [0.5, 0.6) is 0 Å². The van der Waals surface area contributed by atoms with Gasteiger partial charge in [-0.3, -0.25) is 9.48 Å². The third kappa shape index (κ3) is 4.07. The van der Waals surface area contributed by atoms with Gasteiger partial charge >= 0.3 is 0 Å². The van der Waals surface area contributed by atoms with Gasteiger partial charge in [-0.25, -0.2) is 0 Å². The van der Waals surface area contributed by atoms with E-state index in [-0.39, 0.29) is 5.91 Å². The van der Waals surface area contributed by atoms with Crippen molar-refractivity contribution >= 4 is 5.91 Å². The van der Waals surface area contributed by atoms with E-state index in [1.807, 2.05) is 7.05 Å². The van der Waals surface area contributed by atoms with E-state index >= 15 is 0 Å². The highest BCUT2D eigenvalue weighted by atomic mass is 16.2. The van der Waals surface area contributed by atoms with E-state index in [0.717, 1.165) is 30.4 Å². The van der Waals surface area contributed by atoms with Crippen molar-refractivity contribution in [3.8, 4) is 0 Å². The van der Waals surface area contributed by atoms with Gasteiger partial charge in [0, 0.05) is 25.4 Å². The zero-order valence-corrected chi connectivity index (χ0v) is 12.5. The fourth-order valence-corrected chi connectivity index (χ4v) is 2.88. The predicted molar refractivity (Wildman–Crippen MR) is 78.9 cm³/mol. The summed E-state index contributed by atoms with van der Waals surface area (Å²) in [6.07, 6.45) is 9.75. The van der Waals surface area contributed by atoms with Crippen molar-refractivity contribution in [2.24, 2.45) is 24.6 Å². The number of nitrogens with zero attached hydrogens (tertiary/aromatic N) is 2. The zero-order chi connectivity index (χ0) is 14.5. The lowest BCUT2D eigenvalue weighted by Gasteiger charge is -2.26. The molecule has 0 aliphatic heterocycles. The first kappa shape index (κ1) is 15.0. The summed E-state index contributed by atoms with van der Waals surface area (Å²) in [7, 11) is 1.82. The van der Waals surface area contributed by atoms with E-state index in [0.29, 0.717) is 0 Å². The maximum absolute atomic E-state index is 12.0. The molecular formula is C15H26N4O. The maximum atomic E-state index is 12.0. The van der Waals surface area contributed by atoms with Crippen molar-refractivity contribution in [2.75, 3.05) is 6.54 Å². The van der Waals surface area contributed by atoms with Crippen LogP contribution in [0, 0.1) is 11.8 Å². The molecule has 0 radical (unpaired) electrons. The highest BCUT2D eigenvalue weighted by molar-refractivity contribution is 5.82. The minimum atomic E-state index is -0.616. The van der Waals surface area contributed by atoms with Gasteiger partial charge < -0.3 is 11.1 Å². The summed E-state index contributed by atoms with van der Waals surface area (Å²) in [5.74, 6) is 1.53. The normalized spacial score (nSPS) is 24.4. The second-order valence-electron chi connectivity index (χ2n) is 6.13. The van der Waals surface area contributed by atoms with Gasteiger partial charge in [-0.1, -0.05) is 32.6 Å². The molecule has 2 rings (SSSR count). The highest BCUT2D eigenvalue weighted by Crippen LogP contribution is 2.29. The number of nitrogens with two attached hydrogens (primary N) is 1. The number of amides is 1. The fraction of sp³-hybridized carbons (Fsp3) is 0.733. The van der Waals surface area contributed by atoms with E-state index in [1.54, 1.807) is 17.1 Å². The molecule has 1 amide bonds. The molecule has 1 aromatic heterocycles. The van der Waals surface area contributed by atoms with Crippen molar-refractivity contribution in [1.82, 2.24) is 15.1 Å². The van der Waals surface area contributed by atoms with Crippen LogP contribution in [0.15, 0.2) is 12.4 Å². The van der Waals surface area contributed by atoms with Gasteiger partial charge in [0.1, 0.15) is 6.04 Å². The molecule has 1 aromatic rings. The number of aromatic nitrogens is 2. The van der Waals surface area contributed by atoms with E-state index in [2.05, 4.69) is 17.3 Å². The topological polar surface area (TPSA) is 72.9 Å². The lowest BCUT2D eigenvalue weighted by atomic mass is 9.81. The summed E-state index contributed by atoms with van der Waals surface area (Å²) in [5.41, 5.74) is 6.68. The number of rotatable bonds is 5. The quantitative estimate of drug-likeness (QED) is 0.862. The first-order valence-electron chi connectivity index (χ1n) is 7.58. The van der Waals surface area contributed by atoms with Crippen molar-refractivity contribution in [3.05, 3.63) is 18.0 Å². The predicted octanol–water partition coefficient (Wildman–Crippen LogP) is 1.75. The third-order valence-corrected chi connectivity index (χ3v) is 4.35. The van der Waals surface area contributed by atoms with Gasteiger partial charge in [0.25, 0.3) is 0 Å². The monoisotopic (exact) mass is 278 g/mol. The molecule has 3 N–H and O–H groups in total. The largest absolute Gasteiger partial charge is 0.354 e. The number of hydrogen-bond acceptors (Lipinski definition) is 3. The minimum absolute atomic E-state index is 0.109. The third-order valence-electron chi connectivity index (χ3n) is 4.35. The Morgan fingerprint density at radius 2 is 2.20 bits per heavy atom. The summed E-state index contributed by atoms with van der Waals surface area (Å²) >= 11 is 0. The first-order valence-corrected chi connectivity index (χ1v) is 7.58. The van der Waals surface area contributed by atoms with Crippen LogP contribution in [0.1, 0.15) is 50.6 Å². The molecule has 1 aliphatic carbocycles. The first-order chi connectivity index (χ1) is 9.56. The van der Waals surface area contributed by atoms with Crippen LogP contribution in [0.25, 0.3) is 0 Å². The number of nitrogens with one attached hydrogen (secondary N) is 1. The van der Waals surface area contributed by atoms with Crippen LogP contribution in [0.2, 0.25) is 0 Å². The molecule has 1 aliphatic rings. The number of carbonyl (C=O) groups is 1. The molecule has 1 atom stereocenters. The number of aryl methyl sites for hydroxylation is 1. The Kier molecular flexibility index (Phi) is 5.17. The van der Waals surface area contributed by atoms with E-state index in [4.69, 9.17) is 5.73 Å². The Balaban J connectivity index is 1.70. The number of carbonyl (C=O) groups excluding carboxylic acids is 1. The highest BCUT2D eigenvalue weighted by Gasteiger charge is 2.20. The molecule has 1 saturated carbocycles. The summed E-state index contributed by atoms with van der Waals surface area (Å²) in [5, 5.41) is 6.99. The second kappa shape index (κ2) is 6.88. The molecule has 1 unspecified atom stereocenters. The lowest BCUT2D eigenvalue weighted by molar-refractivity contribution is -0.122. The molecule has 5 heteroatoms. The fourth-order valence-electron chi connectivity index (χ4n) is 2.88. The lowest BCUT2D eigenvalue weighted by Crippen LogP contribution is -2.35. The van der Waals surface area contributed by atoms with E-state index in [9.17, 15) is 4.79 Å². The van der Waals surface area contributed by atoms with Crippen LogP contribution >= 0.6 is 0 Å².